The number of ether oxygens (including phenoxy) is 1. The number of hydrogen-bond donors (Lipinski definition) is 2. The standard InChI is InChI=1S/C15H18F3NO4/c1-2-23-12-8-7-10(15(16,17)18)9-11(12)19-13(20)5-3-4-6-14(21)22/h7-9H,2-6H2,1H3,(H,19,20)(H,21,22). The van der Waals surface area contributed by atoms with E-state index in [-0.39, 0.29) is 30.9 Å². The van der Waals surface area contributed by atoms with Crippen molar-refractivity contribution in [3.05, 3.63) is 23.8 Å². The van der Waals surface area contributed by atoms with Gasteiger partial charge in [0.05, 0.1) is 17.9 Å². The van der Waals surface area contributed by atoms with Gasteiger partial charge in [0.2, 0.25) is 5.91 Å². The second kappa shape index (κ2) is 8.40. The van der Waals surface area contributed by atoms with E-state index in [2.05, 4.69) is 5.32 Å². The second-order valence-corrected chi connectivity index (χ2v) is 4.79. The molecule has 1 amide bonds. The molecule has 0 atom stereocenters. The quantitative estimate of drug-likeness (QED) is 0.712. The van der Waals surface area contributed by atoms with Gasteiger partial charge in [0.1, 0.15) is 5.75 Å². The van der Waals surface area contributed by atoms with Crippen molar-refractivity contribution in [3.8, 4) is 5.75 Å². The minimum absolute atomic E-state index is 0.0229. The van der Waals surface area contributed by atoms with Crippen molar-refractivity contribution in [2.45, 2.75) is 38.8 Å². The first-order valence-corrected chi connectivity index (χ1v) is 7.09. The van der Waals surface area contributed by atoms with Crippen LogP contribution in [0.3, 0.4) is 0 Å². The van der Waals surface area contributed by atoms with E-state index in [1.165, 1.54) is 0 Å². The van der Waals surface area contributed by atoms with Crippen LogP contribution in [0.1, 0.15) is 38.2 Å². The van der Waals surface area contributed by atoms with Gasteiger partial charge in [0.15, 0.2) is 0 Å². The molecule has 0 saturated carbocycles. The Morgan fingerprint density at radius 2 is 1.87 bits per heavy atom. The molecule has 2 N–H and O–H groups in total. The molecule has 0 aliphatic carbocycles. The van der Waals surface area contributed by atoms with Crippen molar-refractivity contribution in [1.82, 2.24) is 0 Å². The summed E-state index contributed by atoms with van der Waals surface area (Å²) in [6.07, 6.45) is -3.90. The first kappa shape index (κ1) is 18.8. The van der Waals surface area contributed by atoms with E-state index in [4.69, 9.17) is 9.84 Å². The lowest BCUT2D eigenvalue weighted by Gasteiger charge is -2.14. The lowest BCUT2D eigenvalue weighted by molar-refractivity contribution is -0.138. The molecule has 0 aromatic heterocycles. The predicted octanol–water partition coefficient (Wildman–Crippen LogP) is 3.69. The van der Waals surface area contributed by atoms with Gasteiger partial charge in [-0.1, -0.05) is 0 Å². The van der Waals surface area contributed by atoms with Gasteiger partial charge >= 0.3 is 12.1 Å². The van der Waals surface area contributed by atoms with Gasteiger partial charge in [-0.05, 0) is 38.0 Å². The molecule has 1 rings (SSSR count). The number of aliphatic carboxylic acids is 1. The number of rotatable bonds is 8. The summed E-state index contributed by atoms with van der Waals surface area (Å²) >= 11 is 0. The SMILES string of the molecule is CCOc1ccc(C(F)(F)F)cc1NC(=O)CCCCC(=O)O. The Morgan fingerprint density at radius 3 is 2.43 bits per heavy atom. The number of carbonyl (C=O) groups is 2. The predicted molar refractivity (Wildman–Crippen MR) is 77.3 cm³/mol. The highest BCUT2D eigenvalue weighted by Crippen LogP contribution is 2.35. The average molecular weight is 333 g/mol. The summed E-state index contributed by atoms with van der Waals surface area (Å²) in [6.45, 7) is 1.92. The molecule has 0 bridgehead atoms. The molecule has 0 saturated heterocycles. The molecule has 0 aliphatic heterocycles. The third-order valence-corrected chi connectivity index (χ3v) is 2.93. The van der Waals surface area contributed by atoms with Crippen LogP contribution in [0.5, 0.6) is 5.75 Å². The van der Waals surface area contributed by atoms with Crippen LogP contribution in [0, 0.1) is 0 Å². The normalized spacial score (nSPS) is 11.1. The van der Waals surface area contributed by atoms with Crippen LogP contribution in [0.4, 0.5) is 18.9 Å². The maximum Gasteiger partial charge on any atom is 0.416 e. The van der Waals surface area contributed by atoms with Crippen molar-refractivity contribution in [3.63, 3.8) is 0 Å². The maximum absolute atomic E-state index is 12.7. The van der Waals surface area contributed by atoms with Crippen molar-refractivity contribution in [2.75, 3.05) is 11.9 Å². The van der Waals surface area contributed by atoms with Gasteiger partial charge in [-0.2, -0.15) is 13.2 Å². The Labute approximate surface area is 131 Å². The zero-order valence-electron chi connectivity index (χ0n) is 12.6. The highest BCUT2D eigenvalue weighted by Gasteiger charge is 2.31. The third-order valence-electron chi connectivity index (χ3n) is 2.93. The van der Waals surface area contributed by atoms with Crippen molar-refractivity contribution in [2.24, 2.45) is 0 Å². The van der Waals surface area contributed by atoms with E-state index < -0.39 is 23.6 Å². The first-order valence-electron chi connectivity index (χ1n) is 7.09. The molecule has 0 heterocycles. The number of hydrogen-bond acceptors (Lipinski definition) is 3. The topological polar surface area (TPSA) is 75.6 Å². The van der Waals surface area contributed by atoms with Crippen molar-refractivity contribution >= 4 is 17.6 Å². The fraction of sp³-hybridized carbons (Fsp3) is 0.467. The number of alkyl halides is 3. The van der Waals surface area contributed by atoms with Gasteiger partial charge in [-0.3, -0.25) is 9.59 Å². The molecule has 0 fully saturated rings. The molecule has 1 aromatic carbocycles. The van der Waals surface area contributed by atoms with Crippen molar-refractivity contribution < 1.29 is 32.6 Å². The van der Waals surface area contributed by atoms with Gasteiger partial charge in [0, 0.05) is 12.8 Å². The van der Waals surface area contributed by atoms with Crippen LogP contribution in [0.15, 0.2) is 18.2 Å². The van der Waals surface area contributed by atoms with Gasteiger partial charge in [0.25, 0.3) is 0 Å². The van der Waals surface area contributed by atoms with E-state index in [9.17, 15) is 22.8 Å². The van der Waals surface area contributed by atoms with Crippen LogP contribution in [0.2, 0.25) is 0 Å². The second-order valence-electron chi connectivity index (χ2n) is 4.79. The van der Waals surface area contributed by atoms with E-state index in [1.54, 1.807) is 6.92 Å². The summed E-state index contributed by atoms with van der Waals surface area (Å²) in [5, 5.41) is 10.9. The number of anilines is 1. The number of benzene rings is 1. The fourth-order valence-electron chi connectivity index (χ4n) is 1.86. The van der Waals surface area contributed by atoms with Crippen LogP contribution < -0.4 is 10.1 Å². The van der Waals surface area contributed by atoms with Crippen LogP contribution in [0.25, 0.3) is 0 Å². The number of unbranched alkanes of at least 4 members (excludes halogenated alkanes) is 1. The van der Waals surface area contributed by atoms with Crippen LogP contribution >= 0.6 is 0 Å². The zero-order valence-corrected chi connectivity index (χ0v) is 12.6. The number of nitrogens with one attached hydrogen (secondary N) is 1. The Hall–Kier alpha value is -2.25. The largest absolute Gasteiger partial charge is 0.492 e. The van der Waals surface area contributed by atoms with Crippen LogP contribution in [-0.4, -0.2) is 23.6 Å². The number of carboxylic acids is 1. The fourth-order valence-corrected chi connectivity index (χ4v) is 1.86. The Balaban J connectivity index is 2.75. The molecule has 23 heavy (non-hydrogen) atoms. The monoisotopic (exact) mass is 333 g/mol. The summed E-state index contributed by atoms with van der Waals surface area (Å²) in [5.41, 5.74) is -0.938. The number of carboxylic acid groups (broad SMARTS) is 1. The summed E-state index contributed by atoms with van der Waals surface area (Å²) < 4.78 is 43.4. The highest BCUT2D eigenvalue weighted by molar-refractivity contribution is 5.92. The Bertz CT molecular complexity index is 558. The molecule has 0 aliphatic rings. The van der Waals surface area contributed by atoms with E-state index in [1.807, 2.05) is 0 Å². The molecule has 0 radical (unpaired) electrons. The molecule has 1 aromatic rings. The van der Waals surface area contributed by atoms with E-state index in [0.29, 0.717) is 12.8 Å². The molecular formula is C15H18F3NO4. The molecule has 8 heteroatoms. The molecule has 5 nitrogen and oxygen atoms in total. The lowest BCUT2D eigenvalue weighted by Crippen LogP contribution is -2.14. The average Bonchev–Trinajstić information content (AvgIpc) is 2.44. The number of amides is 1. The molecular weight excluding hydrogens is 315 g/mol. The highest BCUT2D eigenvalue weighted by atomic mass is 19.4. The smallest absolute Gasteiger partial charge is 0.416 e. The lowest BCUT2D eigenvalue weighted by atomic mass is 10.1. The van der Waals surface area contributed by atoms with Crippen LogP contribution in [-0.2, 0) is 15.8 Å². The molecule has 128 valence electrons. The van der Waals surface area contributed by atoms with Gasteiger partial charge < -0.3 is 15.2 Å². The summed E-state index contributed by atoms with van der Waals surface area (Å²) in [5.74, 6) is -1.29. The van der Waals surface area contributed by atoms with Crippen molar-refractivity contribution in [1.29, 1.82) is 0 Å². The first-order chi connectivity index (χ1) is 10.7. The minimum atomic E-state index is -4.52. The maximum atomic E-state index is 12.7. The Morgan fingerprint density at radius 1 is 1.22 bits per heavy atom. The molecule has 0 unspecified atom stereocenters. The summed E-state index contributed by atoms with van der Waals surface area (Å²) in [4.78, 5) is 22.1. The van der Waals surface area contributed by atoms with Gasteiger partial charge in [-0.15, -0.1) is 0 Å². The van der Waals surface area contributed by atoms with E-state index >= 15 is 0 Å². The third kappa shape index (κ3) is 6.58. The Kier molecular flexibility index (Phi) is 6.87. The number of carbonyl (C=O) groups excluding carboxylic acids is 1. The van der Waals surface area contributed by atoms with Gasteiger partial charge in [-0.25, -0.2) is 0 Å². The summed E-state index contributed by atoms with van der Waals surface area (Å²) in [7, 11) is 0. The van der Waals surface area contributed by atoms with E-state index in [0.717, 1.165) is 18.2 Å². The minimum Gasteiger partial charge on any atom is -0.492 e. The summed E-state index contributed by atoms with van der Waals surface area (Å²) in [6, 6.07) is 2.86. The number of halogens is 3. The zero-order chi connectivity index (χ0) is 17.5. The molecule has 0 spiro atoms.